The largest absolute Gasteiger partial charge is 0.457 e. The third-order valence-corrected chi connectivity index (χ3v) is 9.58. The molecule has 47 heavy (non-hydrogen) atoms. The highest BCUT2D eigenvalue weighted by Crippen LogP contribution is 2.62. The van der Waals surface area contributed by atoms with Gasteiger partial charge in [0.05, 0.1) is 11.1 Å². The zero-order chi connectivity index (χ0) is 31.0. The molecule has 0 radical (unpaired) electrons. The Hall–Kier alpha value is -6.26. The molecule has 0 aromatic heterocycles. The van der Waals surface area contributed by atoms with Crippen molar-refractivity contribution in [2.24, 2.45) is 0 Å². The molecule has 7 aromatic rings. The number of fused-ring (bicyclic) bond motifs is 11. The summed E-state index contributed by atoms with van der Waals surface area (Å²) in [6, 6.07) is 57.0. The van der Waals surface area contributed by atoms with E-state index >= 15 is 0 Å². The van der Waals surface area contributed by atoms with Crippen LogP contribution in [0.1, 0.15) is 22.3 Å². The summed E-state index contributed by atoms with van der Waals surface area (Å²) in [6.45, 7) is 0. The second kappa shape index (κ2) is 9.87. The summed E-state index contributed by atoms with van der Waals surface area (Å²) in [7, 11) is 0. The van der Waals surface area contributed by atoms with Gasteiger partial charge in [-0.2, -0.15) is 0 Å². The molecular weight excluding hydrogens is 578 g/mol. The molecular formula is C43H27NO3. The van der Waals surface area contributed by atoms with Crippen LogP contribution in [0.25, 0.3) is 11.1 Å². The van der Waals surface area contributed by atoms with E-state index in [0.29, 0.717) is 17.2 Å². The van der Waals surface area contributed by atoms with Crippen molar-refractivity contribution >= 4 is 17.1 Å². The van der Waals surface area contributed by atoms with Gasteiger partial charge in [0, 0.05) is 28.6 Å². The van der Waals surface area contributed by atoms with Gasteiger partial charge in [-0.1, -0.05) is 97.1 Å². The van der Waals surface area contributed by atoms with Gasteiger partial charge in [-0.15, -0.1) is 0 Å². The highest BCUT2D eigenvalue weighted by atomic mass is 16.6. The minimum Gasteiger partial charge on any atom is -0.457 e. The number of anilines is 3. The van der Waals surface area contributed by atoms with E-state index in [2.05, 4.69) is 132 Å². The van der Waals surface area contributed by atoms with E-state index in [1.54, 1.807) is 0 Å². The SMILES string of the molecule is c1ccc(N(c2ccc3c(c2)Oc2ccccc2O3)c2ccc3c(c2)-c2ccccc2C32c3ccccc3Oc3ccccc32)cc1. The van der Waals surface area contributed by atoms with Gasteiger partial charge >= 0.3 is 0 Å². The first kappa shape index (κ1) is 26.0. The average molecular weight is 606 g/mol. The molecule has 0 unspecified atom stereocenters. The van der Waals surface area contributed by atoms with Gasteiger partial charge in [-0.25, -0.2) is 0 Å². The van der Waals surface area contributed by atoms with Crippen LogP contribution in [0.3, 0.4) is 0 Å². The molecule has 0 saturated heterocycles. The Bertz CT molecular complexity index is 2320. The van der Waals surface area contributed by atoms with Crippen LogP contribution in [0.2, 0.25) is 0 Å². The average Bonchev–Trinajstić information content (AvgIpc) is 3.41. The molecule has 2 heterocycles. The van der Waals surface area contributed by atoms with Crippen LogP contribution < -0.4 is 19.1 Å². The maximum atomic E-state index is 6.51. The predicted molar refractivity (Wildman–Crippen MR) is 185 cm³/mol. The fraction of sp³-hybridized carbons (Fsp3) is 0.0233. The predicted octanol–water partition coefficient (Wildman–Crippen LogP) is 11.5. The van der Waals surface area contributed by atoms with Crippen LogP contribution in [-0.2, 0) is 5.41 Å². The molecule has 2 aliphatic heterocycles. The van der Waals surface area contributed by atoms with Gasteiger partial charge in [-0.3, -0.25) is 0 Å². The minimum atomic E-state index is -0.502. The van der Waals surface area contributed by atoms with Gasteiger partial charge in [0.25, 0.3) is 0 Å². The monoisotopic (exact) mass is 605 g/mol. The lowest BCUT2D eigenvalue weighted by molar-refractivity contribution is 0.360. The highest BCUT2D eigenvalue weighted by Gasteiger charge is 2.51. The summed E-state index contributed by atoms with van der Waals surface area (Å²) in [5.41, 5.74) is 9.82. The molecule has 4 heteroatoms. The highest BCUT2D eigenvalue weighted by molar-refractivity contribution is 5.91. The van der Waals surface area contributed by atoms with Crippen molar-refractivity contribution in [2.45, 2.75) is 5.41 Å². The summed E-state index contributed by atoms with van der Waals surface area (Å²) in [5.74, 6) is 4.59. The zero-order valence-electron chi connectivity index (χ0n) is 25.3. The number of rotatable bonds is 3. The Morgan fingerprint density at radius 1 is 0.319 bits per heavy atom. The van der Waals surface area contributed by atoms with Crippen LogP contribution in [0.4, 0.5) is 17.1 Å². The molecule has 3 aliphatic rings. The van der Waals surface area contributed by atoms with E-state index in [0.717, 1.165) is 45.4 Å². The molecule has 1 aliphatic carbocycles. The van der Waals surface area contributed by atoms with Crippen molar-refractivity contribution in [3.63, 3.8) is 0 Å². The standard InChI is InChI=1S/C43H27NO3/c1-2-12-28(13-3-1)44(30-23-25-41-42(27-30)47-40-21-11-10-20-39(40)46-41)29-22-24-34-32(26-29)31-14-4-5-15-33(31)43(34)35-16-6-8-18-37(35)45-38-19-9-7-17-36(38)43/h1-27H. The first-order valence-electron chi connectivity index (χ1n) is 15.8. The molecule has 0 amide bonds. The van der Waals surface area contributed by atoms with Crippen LogP contribution >= 0.6 is 0 Å². The molecule has 0 saturated carbocycles. The van der Waals surface area contributed by atoms with Crippen LogP contribution in [0.15, 0.2) is 164 Å². The molecule has 4 nitrogen and oxygen atoms in total. The molecule has 10 rings (SSSR count). The number of ether oxygens (including phenoxy) is 3. The maximum absolute atomic E-state index is 6.51. The van der Waals surface area contributed by atoms with E-state index in [1.165, 1.54) is 22.3 Å². The van der Waals surface area contributed by atoms with Crippen LogP contribution in [-0.4, -0.2) is 0 Å². The van der Waals surface area contributed by atoms with Gasteiger partial charge in [0.2, 0.25) is 0 Å². The normalized spacial score (nSPS) is 13.8. The first-order chi connectivity index (χ1) is 23.3. The number of benzene rings is 7. The summed E-state index contributed by atoms with van der Waals surface area (Å²) >= 11 is 0. The lowest BCUT2D eigenvalue weighted by Gasteiger charge is -2.39. The Balaban J connectivity index is 1.19. The summed E-state index contributed by atoms with van der Waals surface area (Å²) in [5, 5.41) is 0. The second-order valence-corrected chi connectivity index (χ2v) is 12.1. The van der Waals surface area contributed by atoms with Crippen molar-refractivity contribution in [1.82, 2.24) is 0 Å². The van der Waals surface area contributed by atoms with Gasteiger partial charge < -0.3 is 19.1 Å². The van der Waals surface area contributed by atoms with E-state index in [4.69, 9.17) is 14.2 Å². The van der Waals surface area contributed by atoms with Gasteiger partial charge in [-0.05, 0) is 82.9 Å². The maximum Gasteiger partial charge on any atom is 0.172 e. The molecule has 7 aromatic carbocycles. The van der Waals surface area contributed by atoms with E-state index < -0.39 is 5.41 Å². The molecule has 0 bridgehead atoms. The minimum absolute atomic E-state index is 0.502. The summed E-state index contributed by atoms with van der Waals surface area (Å²) in [6.07, 6.45) is 0. The molecule has 0 fully saturated rings. The number of nitrogens with zero attached hydrogens (tertiary/aromatic N) is 1. The van der Waals surface area contributed by atoms with Gasteiger partial charge in [0.1, 0.15) is 11.5 Å². The lowest BCUT2D eigenvalue weighted by Crippen LogP contribution is -2.32. The third-order valence-electron chi connectivity index (χ3n) is 9.58. The summed E-state index contributed by atoms with van der Waals surface area (Å²) in [4.78, 5) is 2.28. The zero-order valence-corrected chi connectivity index (χ0v) is 25.3. The van der Waals surface area contributed by atoms with E-state index in [-0.39, 0.29) is 0 Å². The lowest BCUT2D eigenvalue weighted by atomic mass is 9.66. The van der Waals surface area contributed by atoms with E-state index in [1.807, 2.05) is 36.4 Å². The van der Waals surface area contributed by atoms with Gasteiger partial charge in [0.15, 0.2) is 23.0 Å². The molecule has 1 spiro atoms. The van der Waals surface area contributed by atoms with Crippen molar-refractivity contribution in [2.75, 3.05) is 4.90 Å². The number of para-hydroxylation sites is 5. The van der Waals surface area contributed by atoms with Crippen LogP contribution in [0, 0.1) is 0 Å². The van der Waals surface area contributed by atoms with Crippen molar-refractivity contribution in [1.29, 1.82) is 0 Å². The van der Waals surface area contributed by atoms with Crippen molar-refractivity contribution in [3.8, 4) is 45.6 Å². The molecule has 0 atom stereocenters. The molecule has 222 valence electrons. The topological polar surface area (TPSA) is 30.9 Å². The quantitative estimate of drug-likeness (QED) is 0.200. The summed E-state index contributed by atoms with van der Waals surface area (Å²) < 4.78 is 19.0. The Morgan fingerprint density at radius 2 is 0.809 bits per heavy atom. The second-order valence-electron chi connectivity index (χ2n) is 12.1. The Kier molecular flexibility index (Phi) is 5.46. The smallest absolute Gasteiger partial charge is 0.172 e. The molecule has 0 N–H and O–H groups in total. The number of hydrogen-bond donors (Lipinski definition) is 0. The van der Waals surface area contributed by atoms with Crippen LogP contribution in [0.5, 0.6) is 34.5 Å². The first-order valence-corrected chi connectivity index (χ1v) is 15.8. The fourth-order valence-electron chi connectivity index (χ4n) is 7.67. The van der Waals surface area contributed by atoms with E-state index in [9.17, 15) is 0 Å². The fourth-order valence-corrected chi connectivity index (χ4v) is 7.67. The third kappa shape index (κ3) is 3.70. The Morgan fingerprint density at radius 3 is 1.53 bits per heavy atom. The Labute approximate surface area is 272 Å². The van der Waals surface area contributed by atoms with Crippen molar-refractivity contribution < 1.29 is 14.2 Å². The van der Waals surface area contributed by atoms with Crippen molar-refractivity contribution in [3.05, 3.63) is 186 Å². The number of hydrogen-bond acceptors (Lipinski definition) is 4.